The number of rotatable bonds is 3. The molecule has 0 bridgehead atoms. The zero-order chi connectivity index (χ0) is 55.2. The zero-order valence-corrected chi connectivity index (χ0v) is 51.2. The first-order valence-corrected chi connectivity index (χ1v) is 30.7. The van der Waals surface area contributed by atoms with Gasteiger partial charge in [0.2, 0.25) is 0 Å². The Kier molecular flexibility index (Phi) is 10.1. The summed E-state index contributed by atoms with van der Waals surface area (Å²) in [5.41, 5.74) is 29.1. The van der Waals surface area contributed by atoms with E-state index in [-0.39, 0.29) is 61.0 Å². The number of hydrogen-bond acceptors (Lipinski definition) is 3. The molecule has 1 saturated carbocycles. The Morgan fingerprint density at radius 2 is 0.718 bits per heavy atom. The van der Waals surface area contributed by atoms with Crippen LogP contribution < -0.4 is 31.1 Å². The van der Waals surface area contributed by atoms with Crippen LogP contribution in [0.15, 0.2) is 97.1 Å². The molecular weight excluding hydrogens is 942 g/mol. The molecule has 5 aliphatic carbocycles. The molecule has 0 spiro atoms. The summed E-state index contributed by atoms with van der Waals surface area (Å²) in [6, 6.07) is 41.3. The van der Waals surface area contributed by atoms with Crippen LogP contribution in [0.1, 0.15) is 239 Å². The van der Waals surface area contributed by atoms with E-state index in [0.717, 1.165) is 19.3 Å². The van der Waals surface area contributed by atoms with Crippen molar-refractivity contribution in [2.24, 2.45) is 0 Å². The van der Waals surface area contributed by atoms with Gasteiger partial charge in [-0.3, -0.25) is 0 Å². The number of benzene rings is 6. The van der Waals surface area contributed by atoms with Gasteiger partial charge in [0, 0.05) is 50.9 Å². The van der Waals surface area contributed by atoms with Gasteiger partial charge in [-0.15, -0.1) is 0 Å². The van der Waals surface area contributed by atoms with Crippen LogP contribution in [-0.2, 0) is 48.7 Å². The molecule has 0 amide bonds. The van der Waals surface area contributed by atoms with Gasteiger partial charge in [-0.2, -0.15) is 0 Å². The maximum Gasteiger partial charge on any atom is 0.252 e. The summed E-state index contributed by atoms with van der Waals surface area (Å²) in [4.78, 5) is 8.48. The van der Waals surface area contributed by atoms with Crippen molar-refractivity contribution in [3.8, 4) is 0 Å². The largest absolute Gasteiger partial charge is 0.334 e. The van der Waals surface area contributed by atoms with E-state index >= 15 is 0 Å². The maximum atomic E-state index is 2.87. The third kappa shape index (κ3) is 6.64. The van der Waals surface area contributed by atoms with Crippen molar-refractivity contribution in [2.45, 2.75) is 243 Å². The van der Waals surface area contributed by atoms with Gasteiger partial charge < -0.3 is 14.7 Å². The van der Waals surface area contributed by atoms with Crippen LogP contribution in [0.2, 0.25) is 0 Å². The molecule has 1 fully saturated rings. The Bertz CT molecular complexity index is 3610. The van der Waals surface area contributed by atoms with E-state index in [1.807, 2.05) is 0 Å². The van der Waals surface area contributed by atoms with Crippen molar-refractivity contribution >= 4 is 68.6 Å². The highest BCUT2D eigenvalue weighted by molar-refractivity contribution is 7.00. The molecule has 6 aromatic rings. The average molecular weight is 1030 g/mol. The fourth-order valence-electron chi connectivity index (χ4n) is 19.1. The van der Waals surface area contributed by atoms with Crippen molar-refractivity contribution in [3.05, 3.63) is 147 Å². The van der Waals surface area contributed by atoms with Gasteiger partial charge in [0.1, 0.15) is 0 Å². The van der Waals surface area contributed by atoms with Crippen LogP contribution in [0, 0.1) is 0 Å². The van der Waals surface area contributed by atoms with Crippen LogP contribution in [0.3, 0.4) is 0 Å². The molecule has 0 saturated heterocycles. The Labute approximate surface area is 471 Å². The van der Waals surface area contributed by atoms with Gasteiger partial charge in [-0.25, -0.2) is 0 Å². The standard InChI is InChI=1S/C74H90BN3/c1-65(2)31-32-66(3,4)51-35-45(25-27-48(51)65)76-60-41-55-53(67(5,6)33-34-68(55,7)8)39-57(60)75-58-40-54-56(72(15,16)44-71(54,13)14)42-61(58)77(46-26-28-49-52(36-46)70(11,12)43-69(49,9)10)63-38-47(37-62(76)64(63)75)78-59-24-20-19-23-50(59)73(17)29-21-22-30-74(73,78)18/h19-20,23-28,35-42H,21-22,29-34,43-44H2,1-18H3. The fraction of sp³-hybridized carbons (Fsp3) is 0.514. The van der Waals surface area contributed by atoms with Gasteiger partial charge in [0.15, 0.2) is 0 Å². The second kappa shape index (κ2) is 15.4. The van der Waals surface area contributed by atoms with Crippen molar-refractivity contribution in [2.75, 3.05) is 14.7 Å². The molecule has 0 radical (unpaired) electrons. The van der Waals surface area contributed by atoms with Crippen molar-refractivity contribution in [1.29, 1.82) is 0 Å². The second-order valence-electron chi connectivity index (χ2n) is 32.5. The molecule has 78 heavy (non-hydrogen) atoms. The highest BCUT2D eigenvalue weighted by atomic mass is 15.3. The highest BCUT2D eigenvalue weighted by Crippen LogP contribution is 2.63. The van der Waals surface area contributed by atoms with E-state index in [1.165, 1.54) is 151 Å². The monoisotopic (exact) mass is 1030 g/mol. The van der Waals surface area contributed by atoms with Crippen molar-refractivity contribution in [1.82, 2.24) is 0 Å². The Morgan fingerprint density at radius 1 is 0.321 bits per heavy atom. The Balaban J connectivity index is 1.15. The number of para-hydroxylation sites is 1. The minimum absolute atomic E-state index is 0.0156. The Morgan fingerprint density at radius 3 is 1.24 bits per heavy atom. The van der Waals surface area contributed by atoms with E-state index in [0.29, 0.717) is 0 Å². The van der Waals surface area contributed by atoms with E-state index in [9.17, 15) is 0 Å². The first-order valence-electron chi connectivity index (χ1n) is 30.7. The number of fused-ring (bicyclic) bond motifs is 11. The first kappa shape index (κ1) is 51.0. The van der Waals surface area contributed by atoms with Crippen LogP contribution >= 0.6 is 0 Å². The SMILES string of the molecule is CC1(C)CCC(C)(C)c2cc(N3c4cc5c(cc4B4c6cc7c(cc6N(c6ccc8c(c6)C(C)(C)CC8(C)C)c6cc(N8c9ccccc9C9(C)CCCCC89C)cc3c64)C(C)(C)CC7(C)C)C(C)(C)CCC5(C)C)ccc21. The lowest BCUT2D eigenvalue weighted by Crippen LogP contribution is -2.62. The topological polar surface area (TPSA) is 9.72 Å². The first-order chi connectivity index (χ1) is 36.3. The number of hydrogen-bond donors (Lipinski definition) is 0. The molecule has 0 aromatic heterocycles. The summed E-state index contributed by atoms with van der Waals surface area (Å²) in [6.07, 6.45) is 11.9. The van der Waals surface area contributed by atoms with Gasteiger partial charge >= 0.3 is 0 Å². The molecule has 6 aromatic carbocycles. The van der Waals surface area contributed by atoms with E-state index in [2.05, 4.69) is 236 Å². The minimum Gasteiger partial charge on any atom is -0.334 e. The summed E-state index contributed by atoms with van der Waals surface area (Å²) in [5, 5.41) is 0. The average Bonchev–Trinajstić information content (AvgIpc) is 1.99. The van der Waals surface area contributed by atoms with Gasteiger partial charge in [0.25, 0.3) is 6.71 Å². The zero-order valence-electron chi connectivity index (χ0n) is 51.2. The predicted molar refractivity (Wildman–Crippen MR) is 335 cm³/mol. The molecule has 2 unspecified atom stereocenters. The molecular formula is C74H90BN3. The molecule has 4 heteroatoms. The van der Waals surface area contributed by atoms with Crippen LogP contribution in [0.5, 0.6) is 0 Å². The van der Waals surface area contributed by atoms with Crippen molar-refractivity contribution < 1.29 is 0 Å². The molecule has 3 heterocycles. The number of anilines is 8. The molecule has 0 N–H and O–H groups in total. The van der Waals surface area contributed by atoms with Gasteiger partial charge in [-0.05, 0) is 223 Å². The molecule has 14 rings (SSSR count). The minimum atomic E-state index is -0.111. The maximum absolute atomic E-state index is 2.87. The lowest BCUT2D eigenvalue weighted by atomic mass is 9.33. The van der Waals surface area contributed by atoms with Crippen molar-refractivity contribution in [3.63, 3.8) is 0 Å². The fourth-order valence-corrected chi connectivity index (χ4v) is 19.1. The van der Waals surface area contributed by atoms with E-state index < -0.39 is 0 Å². The summed E-state index contributed by atoms with van der Waals surface area (Å²) < 4.78 is 0. The van der Waals surface area contributed by atoms with Crippen LogP contribution in [-0.4, -0.2) is 12.3 Å². The molecule has 3 nitrogen and oxygen atoms in total. The van der Waals surface area contributed by atoms with Crippen LogP contribution in [0.25, 0.3) is 0 Å². The second-order valence-corrected chi connectivity index (χ2v) is 32.5. The predicted octanol–water partition coefficient (Wildman–Crippen LogP) is 18.1. The van der Waals surface area contributed by atoms with Crippen LogP contribution in [0.4, 0.5) is 45.5 Å². The van der Waals surface area contributed by atoms with Gasteiger partial charge in [-0.1, -0.05) is 173 Å². The summed E-state index contributed by atoms with van der Waals surface area (Å²) >= 11 is 0. The van der Waals surface area contributed by atoms with Gasteiger partial charge in [0.05, 0.1) is 5.54 Å². The third-order valence-corrected chi connectivity index (χ3v) is 23.5. The smallest absolute Gasteiger partial charge is 0.252 e. The van der Waals surface area contributed by atoms with E-state index in [1.54, 1.807) is 5.56 Å². The normalized spacial score (nSPS) is 26.6. The molecule has 2 atom stereocenters. The molecule has 8 aliphatic rings. The number of nitrogens with zero attached hydrogens (tertiary/aromatic N) is 3. The quantitative estimate of drug-likeness (QED) is 0.163. The summed E-state index contributed by atoms with van der Waals surface area (Å²) in [6.45, 7) is 45.4. The summed E-state index contributed by atoms with van der Waals surface area (Å²) in [7, 11) is 0. The third-order valence-electron chi connectivity index (χ3n) is 23.5. The lowest BCUT2D eigenvalue weighted by molar-refractivity contribution is 0.195. The highest BCUT2D eigenvalue weighted by Gasteiger charge is 2.59. The van der Waals surface area contributed by atoms with E-state index in [4.69, 9.17) is 0 Å². The lowest BCUT2D eigenvalue weighted by Gasteiger charge is -2.51. The summed E-state index contributed by atoms with van der Waals surface area (Å²) in [5.74, 6) is 0. The molecule has 3 aliphatic heterocycles. The Hall–Kier alpha value is -5.22. The molecule has 404 valence electrons.